The molecule has 0 aromatic heterocycles. The fourth-order valence-corrected chi connectivity index (χ4v) is 3.35. The van der Waals surface area contributed by atoms with Crippen molar-refractivity contribution in [2.45, 2.75) is 63.7 Å². The van der Waals surface area contributed by atoms with Gasteiger partial charge in [0, 0.05) is 25.2 Å². The Morgan fingerprint density at radius 3 is 2.32 bits per heavy atom. The van der Waals surface area contributed by atoms with Gasteiger partial charge in [-0.05, 0) is 31.6 Å². The molecule has 3 atom stereocenters. The molecule has 2 fully saturated rings. The lowest BCUT2D eigenvalue weighted by atomic mass is 9.97. The summed E-state index contributed by atoms with van der Waals surface area (Å²) in [4.78, 5) is 24.1. The Morgan fingerprint density at radius 1 is 1.23 bits per heavy atom. The average Bonchev–Trinajstić information content (AvgIpc) is 2.75. The van der Waals surface area contributed by atoms with Gasteiger partial charge in [-0.25, -0.2) is 0 Å². The van der Waals surface area contributed by atoms with Crippen LogP contribution in [0, 0.1) is 5.92 Å². The lowest BCUT2D eigenvalue weighted by Gasteiger charge is -2.31. The Bertz CT molecular complexity index is 380. The molecule has 2 saturated heterocycles. The fourth-order valence-electron chi connectivity index (χ4n) is 3.35. The maximum atomic E-state index is 12.4. The maximum Gasteiger partial charge on any atom is 0.246 e. The minimum atomic E-state index is -0.500. The molecule has 2 rings (SSSR count). The molecule has 3 N–H and O–H groups in total. The molecule has 6 nitrogen and oxygen atoms in total. The van der Waals surface area contributed by atoms with E-state index in [4.69, 9.17) is 4.74 Å². The van der Waals surface area contributed by atoms with Crippen LogP contribution in [-0.2, 0) is 14.3 Å². The zero-order valence-electron chi connectivity index (χ0n) is 13.6. The fraction of sp³-hybridized carbons (Fsp3) is 0.867. The quantitative estimate of drug-likeness (QED) is 0.665. The lowest BCUT2D eigenvalue weighted by Crippen LogP contribution is -2.55. The number of carbonyl (C=O) groups excluding carboxylic acids is 2. The smallest absolute Gasteiger partial charge is 0.246 e. The molecule has 22 heavy (non-hydrogen) atoms. The third-order valence-electron chi connectivity index (χ3n) is 4.36. The largest absolute Gasteiger partial charge is 0.375 e. The molecule has 2 heterocycles. The maximum absolute atomic E-state index is 12.4. The van der Waals surface area contributed by atoms with Crippen molar-refractivity contribution in [3.63, 3.8) is 0 Å². The average molecular weight is 334 g/mol. The molecule has 0 aliphatic carbocycles. The summed E-state index contributed by atoms with van der Waals surface area (Å²) in [6, 6.07) is 0.793. The Balaban J connectivity index is 0.00000242. The summed E-state index contributed by atoms with van der Waals surface area (Å²) in [5, 5.41) is 9.42. The molecule has 2 unspecified atom stereocenters. The van der Waals surface area contributed by atoms with Crippen molar-refractivity contribution in [3.8, 4) is 0 Å². The van der Waals surface area contributed by atoms with Gasteiger partial charge >= 0.3 is 0 Å². The summed E-state index contributed by atoms with van der Waals surface area (Å²) in [6.45, 7) is 3.85. The van der Waals surface area contributed by atoms with Gasteiger partial charge in [0.1, 0.15) is 12.6 Å². The van der Waals surface area contributed by atoms with Crippen LogP contribution in [0.15, 0.2) is 0 Å². The number of hydrogen-bond acceptors (Lipinski definition) is 4. The highest BCUT2D eigenvalue weighted by Gasteiger charge is 2.35. The molecule has 0 aromatic rings. The Labute approximate surface area is 138 Å². The predicted molar refractivity (Wildman–Crippen MR) is 87.0 cm³/mol. The van der Waals surface area contributed by atoms with Gasteiger partial charge in [0.15, 0.2) is 0 Å². The summed E-state index contributed by atoms with van der Waals surface area (Å²) in [6.07, 6.45) is 4.38. The van der Waals surface area contributed by atoms with Gasteiger partial charge in [0.05, 0.1) is 0 Å². The third kappa shape index (κ3) is 5.11. The van der Waals surface area contributed by atoms with Crippen molar-refractivity contribution >= 4 is 24.2 Å². The number of hydrogen-bond donors (Lipinski definition) is 3. The van der Waals surface area contributed by atoms with Crippen LogP contribution in [0.1, 0.15) is 39.5 Å². The van der Waals surface area contributed by atoms with E-state index in [-0.39, 0.29) is 42.8 Å². The topological polar surface area (TPSA) is 79.5 Å². The summed E-state index contributed by atoms with van der Waals surface area (Å²) in [7, 11) is 1.47. The molecule has 2 aliphatic rings. The van der Waals surface area contributed by atoms with Gasteiger partial charge in [-0.1, -0.05) is 13.8 Å². The molecule has 0 aromatic carbocycles. The van der Waals surface area contributed by atoms with Crippen LogP contribution < -0.4 is 16.0 Å². The Kier molecular flexibility index (Phi) is 7.59. The van der Waals surface area contributed by atoms with Gasteiger partial charge in [0.25, 0.3) is 0 Å². The minimum absolute atomic E-state index is 0. The van der Waals surface area contributed by atoms with Crippen molar-refractivity contribution < 1.29 is 14.3 Å². The molecule has 2 bridgehead atoms. The van der Waals surface area contributed by atoms with Gasteiger partial charge < -0.3 is 20.7 Å². The van der Waals surface area contributed by atoms with E-state index in [0.29, 0.717) is 12.1 Å². The van der Waals surface area contributed by atoms with Gasteiger partial charge in [0.2, 0.25) is 11.8 Å². The first-order valence-electron chi connectivity index (χ1n) is 7.84. The van der Waals surface area contributed by atoms with E-state index in [2.05, 4.69) is 16.0 Å². The van der Waals surface area contributed by atoms with Crippen LogP contribution in [0.2, 0.25) is 0 Å². The lowest BCUT2D eigenvalue weighted by molar-refractivity contribution is -0.132. The van der Waals surface area contributed by atoms with E-state index in [1.54, 1.807) is 0 Å². The number of fused-ring (bicyclic) bond motifs is 2. The number of amides is 2. The van der Waals surface area contributed by atoms with E-state index in [1.807, 2.05) is 13.8 Å². The van der Waals surface area contributed by atoms with Crippen LogP contribution in [0.25, 0.3) is 0 Å². The molecule has 0 saturated carbocycles. The summed E-state index contributed by atoms with van der Waals surface area (Å²) in [5.74, 6) is -0.290. The summed E-state index contributed by atoms with van der Waals surface area (Å²) in [5.41, 5.74) is 0. The number of methoxy groups -OCH3 is 1. The van der Waals surface area contributed by atoms with Crippen LogP contribution in [0.3, 0.4) is 0 Å². The molecule has 0 radical (unpaired) electrons. The first kappa shape index (κ1) is 19.2. The Hall–Kier alpha value is -0.850. The van der Waals surface area contributed by atoms with Crippen LogP contribution in [0.4, 0.5) is 0 Å². The molecule has 2 amide bonds. The predicted octanol–water partition coefficient (Wildman–Crippen LogP) is 0.595. The number of rotatable bonds is 6. The van der Waals surface area contributed by atoms with Crippen molar-refractivity contribution in [2.75, 3.05) is 13.7 Å². The molecule has 128 valence electrons. The molecule has 2 aliphatic heterocycles. The normalized spacial score (nSPS) is 27.9. The highest BCUT2D eigenvalue weighted by atomic mass is 35.5. The van der Waals surface area contributed by atoms with E-state index in [0.717, 1.165) is 12.8 Å². The van der Waals surface area contributed by atoms with Crippen LogP contribution >= 0.6 is 12.4 Å². The monoisotopic (exact) mass is 333 g/mol. The first-order valence-corrected chi connectivity index (χ1v) is 7.84. The standard InChI is InChI=1S/C15H27N3O3.ClH/c1-9(2)14(18-13(19)8-21-3)15(20)17-12-6-10-4-5-11(7-12)16-10;/h9-12,14,16H,4-8H2,1-3H3,(H,17,20)(H,18,19);1H/t10?,11?,12?,14-;/m0./s1. The summed E-state index contributed by atoms with van der Waals surface area (Å²) >= 11 is 0. The second-order valence-corrected chi connectivity index (χ2v) is 6.54. The minimum Gasteiger partial charge on any atom is -0.375 e. The molecule has 0 spiro atoms. The second kappa shape index (κ2) is 8.70. The molecular weight excluding hydrogens is 306 g/mol. The van der Waals surface area contributed by atoms with Gasteiger partial charge in [-0.15, -0.1) is 12.4 Å². The number of piperidine rings is 1. The van der Waals surface area contributed by atoms with Crippen molar-refractivity contribution in [2.24, 2.45) is 5.92 Å². The number of nitrogens with one attached hydrogen (secondary N) is 3. The number of ether oxygens (including phenoxy) is 1. The van der Waals surface area contributed by atoms with Crippen molar-refractivity contribution in [3.05, 3.63) is 0 Å². The molecule has 7 heteroatoms. The highest BCUT2D eigenvalue weighted by Crippen LogP contribution is 2.26. The zero-order valence-corrected chi connectivity index (χ0v) is 14.4. The van der Waals surface area contributed by atoms with Gasteiger partial charge in [-0.2, -0.15) is 0 Å². The van der Waals surface area contributed by atoms with E-state index in [9.17, 15) is 9.59 Å². The molecular formula is C15H28ClN3O3. The van der Waals surface area contributed by atoms with E-state index < -0.39 is 6.04 Å². The van der Waals surface area contributed by atoms with Gasteiger partial charge in [-0.3, -0.25) is 9.59 Å². The number of halogens is 1. The number of carbonyl (C=O) groups is 2. The highest BCUT2D eigenvalue weighted by molar-refractivity contribution is 5.88. The zero-order chi connectivity index (χ0) is 15.4. The van der Waals surface area contributed by atoms with E-state index in [1.165, 1.54) is 20.0 Å². The van der Waals surface area contributed by atoms with E-state index >= 15 is 0 Å². The third-order valence-corrected chi connectivity index (χ3v) is 4.36. The van der Waals surface area contributed by atoms with Crippen LogP contribution in [0.5, 0.6) is 0 Å². The van der Waals surface area contributed by atoms with Crippen molar-refractivity contribution in [1.29, 1.82) is 0 Å². The van der Waals surface area contributed by atoms with Crippen LogP contribution in [-0.4, -0.2) is 49.7 Å². The second-order valence-electron chi connectivity index (χ2n) is 6.54. The van der Waals surface area contributed by atoms with Crippen molar-refractivity contribution in [1.82, 2.24) is 16.0 Å². The summed E-state index contributed by atoms with van der Waals surface area (Å²) < 4.78 is 4.80. The Morgan fingerprint density at radius 2 is 1.82 bits per heavy atom. The SMILES string of the molecule is COCC(=O)N[C@H](C(=O)NC1CC2CCC(C1)N2)C(C)C.Cl. The first-order chi connectivity index (χ1) is 9.99.